The third-order valence-corrected chi connectivity index (χ3v) is 8.69. The maximum absolute atomic E-state index is 14.9. The predicted octanol–water partition coefficient (Wildman–Crippen LogP) is 5.57. The summed E-state index contributed by atoms with van der Waals surface area (Å²) in [6.07, 6.45) is 4.03. The number of nitrogens with one attached hydrogen (secondary N) is 1. The third kappa shape index (κ3) is 5.44. The van der Waals surface area contributed by atoms with Gasteiger partial charge < -0.3 is 24.4 Å². The minimum atomic E-state index is -0.478. The van der Waals surface area contributed by atoms with Crippen LogP contribution < -0.4 is 24.4 Å². The number of hydrogen-bond donors (Lipinski definition) is 1. The van der Waals surface area contributed by atoms with Crippen molar-refractivity contribution in [3.8, 4) is 17.2 Å². The summed E-state index contributed by atoms with van der Waals surface area (Å²) in [7, 11) is 4.68. The van der Waals surface area contributed by atoms with Gasteiger partial charge in [-0.15, -0.1) is 16.9 Å². The van der Waals surface area contributed by atoms with Crippen molar-refractivity contribution in [2.45, 2.75) is 45.0 Å². The molecule has 1 atom stereocenters. The van der Waals surface area contributed by atoms with Crippen LogP contribution in [0.5, 0.6) is 17.2 Å². The molecule has 0 bridgehead atoms. The maximum atomic E-state index is 14.9. The van der Waals surface area contributed by atoms with Crippen molar-refractivity contribution in [1.82, 2.24) is 29.4 Å². The second-order valence-electron chi connectivity index (χ2n) is 10.9. The lowest BCUT2D eigenvalue weighted by molar-refractivity contribution is 0.387. The number of thioether (sulfide) groups is 1. The molecule has 1 aliphatic rings. The molecule has 1 fully saturated rings. The number of ether oxygens (including phenoxy) is 3. The monoisotopic (exact) mass is 620 g/mol. The van der Waals surface area contributed by atoms with Gasteiger partial charge in [0.15, 0.2) is 23.0 Å². The standard InChI is InChI=1S/C31H37FN8O3S/c1-18-28(19(2)39(36-18)17-44-6)38-11-7-8-21(16-38)29-35-30-23-13-24(32)27(43-5)14-25(23)34-31(40(30)37-29)33-15-20-9-10-22(41-3)12-26(20)42-4/h9-10,12-14,21H,7-8,11,15-17H2,1-6H3,(H,33,34)/t21-/m1/s1. The first kappa shape index (κ1) is 29.8. The number of rotatable bonds is 10. The highest BCUT2D eigenvalue weighted by atomic mass is 32.2. The Balaban J connectivity index is 1.38. The van der Waals surface area contributed by atoms with E-state index in [1.165, 1.54) is 24.6 Å². The van der Waals surface area contributed by atoms with E-state index in [-0.39, 0.29) is 11.7 Å². The van der Waals surface area contributed by atoms with Gasteiger partial charge in [-0.1, -0.05) is 0 Å². The number of halogens is 1. The fourth-order valence-corrected chi connectivity index (χ4v) is 6.52. The highest BCUT2D eigenvalue weighted by Crippen LogP contribution is 2.35. The number of benzene rings is 2. The quantitative estimate of drug-likeness (QED) is 0.213. The first-order valence-corrected chi connectivity index (χ1v) is 15.9. The second kappa shape index (κ2) is 12.4. The van der Waals surface area contributed by atoms with Crippen LogP contribution in [0.2, 0.25) is 0 Å². The Morgan fingerprint density at radius 1 is 1.02 bits per heavy atom. The van der Waals surface area contributed by atoms with Crippen molar-refractivity contribution in [3.63, 3.8) is 0 Å². The fraction of sp³-hybridized carbons (Fsp3) is 0.419. The van der Waals surface area contributed by atoms with Gasteiger partial charge in [-0.3, -0.25) is 4.68 Å². The summed E-state index contributed by atoms with van der Waals surface area (Å²) in [6.45, 7) is 6.33. The van der Waals surface area contributed by atoms with Crippen LogP contribution in [-0.2, 0) is 12.4 Å². The molecular weight excluding hydrogens is 583 g/mol. The van der Waals surface area contributed by atoms with Gasteiger partial charge in [0.25, 0.3) is 0 Å². The van der Waals surface area contributed by atoms with Gasteiger partial charge in [0.2, 0.25) is 5.95 Å². The van der Waals surface area contributed by atoms with Gasteiger partial charge in [0, 0.05) is 48.6 Å². The van der Waals surface area contributed by atoms with Crippen molar-refractivity contribution in [2.24, 2.45) is 0 Å². The number of fused-ring (bicyclic) bond motifs is 3. The Labute approximate surface area is 259 Å². The molecule has 0 unspecified atom stereocenters. The second-order valence-corrected chi connectivity index (χ2v) is 11.7. The molecule has 232 valence electrons. The van der Waals surface area contributed by atoms with Crippen molar-refractivity contribution >= 4 is 39.9 Å². The molecule has 6 rings (SSSR count). The largest absolute Gasteiger partial charge is 0.497 e. The molecule has 0 amide bonds. The molecule has 0 radical (unpaired) electrons. The first-order chi connectivity index (χ1) is 21.3. The van der Waals surface area contributed by atoms with E-state index in [1.54, 1.807) is 36.6 Å². The van der Waals surface area contributed by atoms with E-state index in [9.17, 15) is 4.39 Å². The minimum absolute atomic E-state index is 0.0824. The van der Waals surface area contributed by atoms with Crippen molar-refractivity contribution in [3.05, 3.63) is 58.9 Å². The molecule has 13 heteroatoms. The average Bonchev–Trinajstić information content (AvgIpc) is 3.61. The zero-order valence-corrected chi connectivity index (χ0v) is 26.7. The summed E-state index contributed by atoms with van der Waals surface area (Å²) in [4.78, 5) is 12.3. The Kier molecular flexibility index (Phi) is 8.39. The molecule has 1 aliphatic heterocycles. The van der Waals surface area contributed by atoms with E-state index < -0.39 is 5.82 Å². The van der Waals surface area contributed by atoms with E-state index >= 15 is 0 Å². The Bertz CT molecular complexity index is 1820. The molecule has 11 nitrogen and oxygen atoms in total. The average molecular weight is 621 g/mol. The highest BCUT2D eigenvalue weighted by molar-refractivity contribution is 7.97. The SMILES string of the molecule is COc1ccc(CNc2nc3cc(OC)c(F)cc3c3nc([C@@H]4CCCN(c5c(C)nn(CSC)c5C)C4)nn23)c(OC)c1. The smallest absolute Gasteiger partial charge is 0.226 e. The van der Waals surface area contributed by atoms with Crippen LogP contribution in [0.25, 0.3) is 16.6 Å². The number of methoxy groups -OCH3 is 3. The van der Waals surface area contributed by atoms with Gasteiger partial charge in [-0.05, 0) is 51.1 Å². The Morgan fingerprint density at radius 2 is 1.84 bits per heavy atom. The molecule has 3 aromatic heterocycles. The van der Waals surface area contributed by atoms with Crippen molar-refractivity contribution in [2.75, 3.05) is 50.9 Å². The van der Waals surface area contributed by atoms with E-state index in [4.69, 9.17) is 34.4 Å². The summed E-state index contributed by atoms with van der Waals surface area (Å²) in [5.74, 6) is 3.12. The van der Waals surface area contributed by atoms with Gasteiger partial charge in [-0.25, -0.2) is 14.4 Å². The normalized spacial score (nSPS) is 15.2. The predicted molar refractivity (Wildman–Crippen MR) is 171 cm³/mol. The molecule has 44 heavy (non-hydrogen) atoms. The van der Waals surface area contributed by atoms with Crippen LogP contribution in [-0.4, -0.2) is 70.0 Å². The van der Waals surface area contributed by atoms with E-state index in [1.807, 2.05) is 18.2 Å². The number of piperidine rings is 1. The van der Waals surface area contributed by atoms with Crippen LogP contribution in [0.4, 0.5) is 16.0 Å². The third-order valence-electron chi connectivity index (χ3n) is 8.19. The zero-order valence-electron chi connectivity index (χ0n) is 25.8. The first-order valence-electron chi connectivity index (χ1n) is 14.5. The van der Waals surface area contributed by atoms with E-state index in [0.29, 0.717) is 46.4 Å². The van der Waals surface area contributed by atoms with Gasteiger partial charge in [0.05, 0.1) is 49.8 Å². The fourth-order valence-electron chi connectivity index (χ4n) is 6.03. The lowest BCUT2D eigenvalue weighted by Gasteiger charge is -2.33. The van der Waals surface area contributed by atoms with Crippen LogP contribution in [0, 0.1) is 19.7 Å². The van der Waals surface area contributed by atoms with E-state index in [2.05, 4.69) is 35.0 Å². The van der Waals surface area contributed by atoms with Crippen LogP contribution in [0.15, 0.2) is 30.3 Å². The molecule has 2 aromatic carbocycles. The summed E-state index contributed by atoms with van der Waals surface area (Å²) in [5.41, 5.74) is 5.38. The molecule has 0 aliphatic carbocycles. The summed E-state index contributed by atoms with van der Waals surface area (Å²) in [5, 5.41) is 13.7. The number of hydrogen-bond acceptors (Lipinski definition) is 10. The summed E-state index contributed by atoms with van der Waals surface area (Å²) in [6, 6.07) is 8.68. The number of aromatic nitrogens is 6. The Morgan fingerprint density at radius 3 is 2.59 bits per heavy atom. The lowest BCUT2D eigenvalue weighted by atomic mass is 9.96. The number of anilines is 2. The van der Waals surface area contributed by atoms with Crippen LogP contribution >= 0.6 is 11.8 Å². The summed E-state index contributed by atoms with van der Waals surface area (Å²) < 4.78 is 34.9. The van der Waals surface area contributed by atoms with Crippen LogP contribution in [0.3, 0.4) is 0 Å². The van der Waals surface area contributed by atoms with Gasteiger partial charge in [-0.2, -0.15) is 9.61 Å². The topological polar surface area (TPSA) is 104 Å². The molecule has 0 saturated carbocycles. The lowest BCUT2D eigenvalue weighted by Crippen LogP contribution is -2.35. The minimum Gasteiger partial charge on any atom is -0.497 e. The summed E-state index contributed by atoms with van der Waals surface area (Å²) >= 11 is 1.75. The molecule has 1 N–H and O–H groups in total. The number of nitrogens with zero attached hydrogens (tertiary/aromatic N) is 7. The number of aryl methyl sites for hydroxylation is 1. The molecular formula is C31H37FN8O3S. The van der Waals surface area contributed by atoms with E-state index in [0.717, 1.165) is 43.1 Å². The van der Waals surface area contributed by atoms with Gasteiger partial charge in [0.1, 0.15) is 11.5 Å². The van der Waals surface area contributed by atoms with Gasteiger partial charge >= 0.3 is 0 Å². The molecule has 4 heterocycles. The van der Waals surface area contributed by atoms with Crippen LogP contribution in [0.1, 0.15) is 41.5 Å². The molecule has 0 spiro atoms. The Hall–Kier alpha value is -4.26. The molecule has 1 saturated heterocycles. The highest BCUT2D eigenvalue weighted by Gasteiger charge is 2.29. The van der Waals surface area contributed by atoms with Crippen molar-refractivity contribution < 1.29 is 18.6 Å². The zero-order chi connectivity index (χ0) is 31.0. The van der Waals surface area contributed by atoms with Crippen molar-refractivity contribution in [1.29, 1.82) is 0 Å². The maximum Gasteiger partial charge on any atom is 0.226 e. The molecule has 5 aromatic rings.